The Kier molecular flexibility index (Phi) is 4.73. The average Bonchev–Trinajstić information content (AvgIpc) is 3.17. The molecule has 3 amide bonds. The number of likely N-dealkylation sites (N-methyl/N-ethyl adjacent to an activating group) is 1. The molecule has 20 heavy (non-hydrogen) atoms. The molecule has 1 aliphatic rings. The van der Waals surface area contributed by atoms with Crippen LogP contribution in [0.2, 0.25) is 0 Å². The predicted molar refractivity (Wildman–Crippen MR) is 76.7 cm³/mol. The first-order chi connectivity index (χ1) is 9.60. The molecule has 0 radical (unpaired) electrons. The summed E-state index contributed by atoms with van der Waals surface area (Å²) in [5.74, 6) is -0.388. The minimum atomic E-state index is -0.312. The van der Waals surface area contributed by atoms with Gasteiger partial charge in [0.1, 0.15) is 0 Å². The van der Waals surface area contributed by atoms with Crippen LogP contribution < -0.4 is 16.0 Å². The fourth-order valence-electron chi connectivity index (χ4n) is 1.60. The van der Waals surface area contributed by atoms with E-state index in [0.29, 0.717) is 16.4 Å². The number of amides is 3. The van der Waals surface area contributed by atoms with Crippen molar-refractivity contribution in [1.29, 1.82) is 0 Å². The topological polar surface area (TPSA) is 87.3 Å². The fraction of sp³-hybridized carbons (Fsp3) is 0.462. The molecule has 0 spiro atoms. The maximum Gasteiger partial charge on any atom is 0.261 e. The van der Waals surface area contributed by atoms with Gasteiger partial charge < -0.3 is 16.0 Å². The van der Waals surface area contributed by atoms with Gasteiger partial charge in [-0.15, -0.1) is 11.3 Å². The van der Waals surface area contributed by atoms with E-state index in [1.165, 1.54) is 11.3 Å². The molecule has 1 aliphatic carbocycles. The zero-order chi connectivity index (χ0) is 14.5. The van der Waals surface area contributed by atoms with Crippen molar-refractivity contribution in [1.82, 2.24) is 10.6 Å². The maximum atomic E-state index is 11.8. The lowest BCUT2D eigenvalue weighted by atomic mass is 10.4. The summed E-state index contributed by atoms with van der Waals surface area (Å²) in [6, 6.07) is 3.34. The van der Waals surface area contributed by atoms with E-state index in [9.17, 15) is 14.4 Å². The highest BCUT2D eigenvalue weighted by Gasteiger charge is 2.29. The number of carbonyl (C=O) groups excluding carboxylic acids is 3. The Morgan fingerprint density at radius 1 is 1.25 bits per heavy atom. The minimum absolute atomic E-state index is 0.0149. The summed E-state index contributed by atoms with van der Waals surface area (Å²) in [7, 11) is 0. The van der Waals surface area contributed by atoms with Crippen molar-refractivity contribution in [3.05, 3.63) is 17.0 Å². The largest absolute Gasteiger partial charge is 0.355 e. The Balaban J connectivity index is 1.82. The zero-order valence-electron chi connectivity index (χ0n) is 11.2. The first-order valence-corrected chi connectivity index (χ1v) is 7.37. The van der Waals surface area contributed by atoms with Gasteiger partial charge in [0.2, 0.25) is 11.8 Å². The molecule has 1 saturated carbocycles. The number of carbonyl (C=O) groups is 3. The van der Waals surface area contributed by atoms with Crippen LogP contribution in [-0.4, -0.2) is 30.8 Å². The average molecular weight is 295 g/mol. The van der Waals surface area contributed by atoms with Gasteiger partial charge in [-0.2, -0.15) is 0 Å². The van der Waals surface area contributed by atoms with Crippen molar-refractivity contribution >= 4 is 34.1 Å². The van der Waals surface area contributed by atoms with Crippen molar-refractivity contribution in [2.24, 2.45) is 5.92 Å². The third-order valence-electron chi connectivity index (χ3n) is 2.81. The van der Waals surface area contributed by atoms with Crippen LogP contribution in [0, 0.1) is 5.92 Å². The molecular formula is C13H17N3O3S. The summed E-state index contributed by atoms with van der Waals surface area (Å²) in [5.41, 5.74) is 0. The monoisotopic (exact) mass is 295 g/mol. The molecule has 1 fully saturated rings. The van der Waals surface area contributed by atoms with Crippen molar-refractivity contribution in [2.45, 2.75) is 19.8 Å². The van der Waals surface area contributed by atoms with Gasteiger partial charge >= 0.3 is 0 Å². The summed E-state index contributed by atoms with van der Waals surface area (Å²) in [6.45, 7) is 2.30. The summed E-state index contributed by atoms with van der Waals surface area (Å²) in [5, 5.41) is 8.57. The summed E-state index contributed by atoms with van der Waals surface area (Å²) >= 11 is 1.20. The molecule has 1 aromatic heterocycles. The summed E-state index contributed by atoms with van der Waals surface area (Å²) in [6.07, 6.45) is 1.88. The highest BCUT2D eigenvalue weighted by atomic mass is 32.1. The quantitative estimate of drug-likeness (QED) is 0.730. The lowest BCUT2D eigenvalue weighted by Gasteiger charge is -2.03. The Bertz CT molecular complexity index is 523. The van der Waals surface area contributed by atoms with Gasteiger partial charge in [0, 0.05) is 12.5 Å². The van der Waals surface area contributed by atoms with Crippen LogP contribution in [-0.2, 0) is 9.59 Å². The number of anilines is 1. The Hall–Kier alpha value is -1.89. The molecular weight excluding hydrogens is 278 g/mol. The van der Waals surface area contributed by atoms with Crippen LogP contribution in [0.25, 0.3) is 0 Å². The molecule has 0 unspecified atom stereocenters. The molecule has 0 aromatic carbocycles. The number of thiophene rings is 1. The van der Waals surface area contributed by atoms with Crippen molar-refractivity contribution in [3.8, 4) is 0 Å². The minimum Gasteiger partial charge on any atom is -0.355 e. The molecule has 0 atom stereocenters. The fourth-order valence-corrected chi connectivity index (χ4v) is 2.43. The van der Waals surface area contributed by atoms with Gasteiger partial charge in [0.15, 0.2) is 0 Å². The van der Waals surface area contributed by atoms with Crippen LogP contribution in [0.3, 0.4) is 0 Å². The number of hydrogen-bond donors (Lipinski definition) is 3. The van der Waals surface area contributed by atoms with Crippen molar-refractivity contribution < 1.29 is 14.4 Å². The van der Waals surface area contributed by atoms with Crippen LogP contribution in [0.5, 0.6) is 0 Å². The second kappa shape index (κ2) is 6.51. The highest BCUT2D eigenvalue weighted by molar-refractivity contribution is 7.18. The second-order valence-corrected chi connectivity index (χ2v) is 5.65. The lowest BCUT2D eigenvalue weighted by Crippen LogP contribution is -2.36. The van der Waals surface area contributed by atoms with Crippen molar-refractivity contribution in [3.63, 3.8) is 0 Å². The Morgan fingerprint density at radius 3 is 2.65 bits per heavy atom. The van der Waals surface area contributed by atoms with Crippen LogP contribution >= 0.6 is 11.3 Å². The maximum absolute atomic E-state index is 11.8. The van der Waals surface area contributed by atoms with Gasteiger partial charge in [0.05, 0.1) is 16.4 Å². The molecule has 2 rings (SSSR count). The van der Waals surface area contributed by atoms with E-state index in [0.717, 1.165) is 12.8 Å². The van der Waals surface area contributed by atoms with Crippen LogP contribution in [0.1, 0.15) is 29.4 Å². The van der Waals surface area contributed by atoms with Gasteiger partial charge in [-0.3, -0.25) is 14.4 Å². The standard InChI is InChI=1S/C13H17N3O3S/c1-2-14-10(17)7-15-13(19)9-5-6-11(20-9)16-12(18)8-3-4-8/h5-6,8H,2-4,7H2,1H3,(H,14,17)(H,15,19)(H,16,18). The molecule has 1 aromatic rings. The molecule has 0 bridgehead atoms. The Labute approximate surface area is 120 Å². The first-order valence-electron chi connectivity index (χ1n) is 6.55. The van der Waals surface area contributed by atoms with E-state index in [1.54, 1.807) is 12.1 Å². The third kappa shape index (κ3) is 4.06. The van der Waals surface area contributed by atoms with Crippen LogP contribution in [0.15, 0.2) is 12.1 Å². The lowest BCUT2D eigenvalue weighted by molar-refractivity contribution is -0.120. The van der Waals surface area contributed by atoms with E-state index in [1.807, 2.05) is 6.92 Å². The van der Waals surface area contributed by atoms with Crippen LogP contribution in [0.4, 0.5) is 5.00 Å². The predicted octanol–water partition coefficient (Wildman–Crippen LogP) is 0.962. The molecule has 108 valence electrons. The number of nitrogens with one attached hydrogen (secondary N) is 3. The van der Waals surface area contributed by atoms with Gasteiger partial charge in [-0.25, -0.2) is 0 Å². The van der Waals surface area contributed by atoms with E-state index in [4.69, 9.17) is 0 Å². The smallest absolute Gasteiger partial charge is 0.261 e. The highest BCUT2D eigenvalue weighted by Crippen LogP contribution is 2.31. The molecule has 6 nitrogen and oxygen atoms in total. The molecule has 0 aliphatic heterocycles. The van der Waals surface area contributed by atoms with Gasteiger partial charge in [0.25, 0.3) is 5.91 Å². The summed E-state index contributed by atoms with van der Waals surface area (Å²) < 4.78 is 0. The molecule has 7 heteroatoms. The van der Waals surface area contributed by atoms with E-state index < -0.39 is 0 Å². The Morgan fingerprint density at radius 2 is 2.00 bits per heavy atom. The second-order valence-electron chi connectivity index (χ2n) is 4.56. The molecule has 3 N–H and O–H groups in total. The van der Waals surface area contributed by atoms with E-state index in [-0.39, 0.29) is 30.2 Å². The molecule has 1 heterocycles. The summed E-state index contributed by atoms with van der Waals surface area (Å²) in [4.78, 5) is 35.1. The SMILES string of the molecule is CCNC(=O)CNC(=O)c1ccc(NC(=O)C2CC2)s1. The molecule has 0 saturated heterocycles. The first kappa shape index (κ1) is 14.5. The van der Waals surface area contributed by atoms with E-state index >= 15 is 0 Å². The normalized spacial score (nSPS) is 13.7. The number of hydrogen-bond acceptors (Lipinski definition) is 4. The van der Waals surface area contributed by atoms with Gasteiger partial charge in [-0.1, -0.05) is 0 Å². The van der Waals surface area contributed by atoms with E-state index in [2.05, 4.69) is 16.0 Å². The zero-order valence-corrected chi connectivity index (χ0v) is 12.0. The third-order valence-corrected chi connectivity index (χ3v) is 3.81. The van der Waals surface area contributed by atoms with Gasteiger partial charge in [-0.05, 0) is 31.9 Å². The number of rotatable bonds is 6. The van der Waals surface area contributed by atoms with Crippen molar-refractivity contribution in [2.75, 3.05) is 18.4 Å².